The number of β-amino-alcohol motifs (C(OH)–C–C–N with tert-alkyl or cyclic N) is 1. The molecule has 1 aromatic rings. The van der Waals surface area contributed by atoms with Gasteiger partial charge in [-0.3, -0.25) is 9.80 Å². The Labute approximate surface area is 155 Å². The first-order valence-corrected chi connectivity index (χ1v) is 9.84. The summed E-state index contributed by atoms with van der Waals surface area (Å²) in [7, 11) is 0. The van der Waals surface area contributed by atoms with Gasteiger partial charge in [0.25, 0.3) is 0 Å². The minimum Gasteiger partial charge on any atom is -0.387 e. The molecule has 3 aliphatic heterocycles. The van der Waals surface area contributed by atoms with Gasteiger partial charge in [-0.25, -0.2) is 9.97 Å². The van der Waals surface area contributed by atoms with Crippen molar-refractivity contribution in [2.45, 2.75) is 43.7 Å². The first-order chi connectivity index (χ1) is 12.7. The summed E-state index contributed by atoms with van der Waals surface area (Å²) in [6.45, 7) is 6.45. The van der Waals surface area contributed by atoms with Crippen LogP contribution in [0.1, 0.15) is 37.8 Å². The molecule has 4 heterocycles. The highest BCUT2D eigenvalue weighted by atomic mass is 16.3. The predicted octanol–water partition coefficient (Wildman–Crippen LogP) is 0.850. The molecular weight excluding hydrogens is 328 g/mol. The standard InChI is InChI=1S/C19H28N6O/c20-14-16-18(22-7-6-21-16)25-12-10-23(11-13-25)15-19(26)5-3-9-24-8-2-1-4-17(19)24/h6-7,17,26H,1-5,8-13,15H2/t17-,19-/m1/s1. The molecule has 26 heavy (non-hydrogen) atoms. The number of nitriles is 1. The third-order valence-corrected chi connectivity index (χ3v) is 6.24. The van der Waals surface area contributed by atoms with Gasteiger partial charge in [0.2, 0.25) is 0 Å². The summed E-state index contributed by atoms with van der Waals surface area (Å²) in [4.78, 5) is 15.5. The van der Waals surface area contributed by atoms with Crippen LogP contribution in [-0.4, -0.2) is 82.3 Å². The highest BCUT2D eigenvalue weighted by molar-refractivity contribution is 5.49. The number of nitrogens with zero attached hydrogens (tertiary/aromatic N) is 6. The molecule has 0 bridgehead atoms. The van der Waals surface area contributed by atoms with Crippen molar-refractivity contribution < 1.29 is 5.11 Å². The largest absolute Gasteiger partial charge is 0.387 e. The van der Waals surface area contributed by atoms with E-state index in [0.717, 1.165) is 65.1 Å². The molecule has 0 aliphatic carbocycles. The Hall–Kier alpha value is -1.75. The van der Waals surface area contributed by atoms with E-state index in [0.29, 0.717) is 17.6 Å². The van der Waals surface area contributed by atoms with Crippen molar-refractivity contribution in [2.24, 2.45) is 0 Å². The lowest BCUT2D eigenvalue weighted by atomic mass is 9.79. The lowest BCUT2D eigenvalue weighted by Crippen LogP contribution is -2.63. The number of aromatic nitrogens is 2. The van der Waals surface area contributed by atoms with Gasteiger partial charge in [-0.1, -0.05) is 6.42 Å². The molecule has 1 aromatic heterocycles. The first-order valence-electron chi connectivity index (χ1n) is 9.84. The Morgan fingerprint density at radius 3 is 2.65 bits per heavy atom. The summed E-state index contributed by atoms with van der Waals surface area (Å²) in [5.74, 6) is 0.685. The third kappa shape index (κ3) is 3.41. The van der Waals surface area contributed by atoms with E-state index in [4.69, 9.17) is 0 Å². The van der Waals surface area contributed by atoms with E-state index in [1.807, 2.05) is 0 Å². The third-order valence-electron chi connectivity index (χ3n) is 6.24. The smallest absolute Gasteiger partial charge is 0.183 e. The molecule has 3 fully saturated rings. The summed E-state index contributed by atoms with van der Waals surface area (Å²) < 4.78 is 0. The molecule has 0 saturated carbocycles. The number of aliphatic hydroxyl groups is 1. The van der Waals surface area contributed by atoms with Gasteiger partial charge in [0, 0.05) is 51.2 Å². The predicted molar refractivity (Wildman–Crippen MR) is 98.8 cm³/mol. The average molecular weight is 356 g/mol. The lowest BCUT2D eigenvalue weighted by molar-refractivity contribution is -0.109. The van der Waals surface area contributed by atoms with Crippen molar-refractivity contribution in [1.29, 1.82) is 5.26 Å². The van der Waals surface area contributed by atoms with Crippen molar-refractivity contribution >= 4 is 5.82 Å². The molecule has 3 saturated heterocycles. The minimum absolute atomic E-state index is 0.327. The maximum absolute atomic E-state index is 11.4. The number of rotatable bonds is 3. The van der Waals surface area contributed by atoms with Gasteiger partial charge in [0.05, 0.1) is 5.60 Å². The zero-order valence-corrected chi connectivity index (χ0v) is 15.3. The van der Waals surface area contributed by atoms with Crippen LogP contribution >= 0.6 is 0 Å². The zero-order valence-electron chi connectivity index (χ0n) is 15.3. The number of piperidine rings is 2. The van der Waals surface area contributed by atoms with E-state index in [1.54, 1.807) is 12.4 Å². The maximum atomic E-state index is 11.4. The highest BCUT2D eigenvalue weighted by Gasteiger charge is 2.45. The Morgan fingerprint density at radius 1 is 1.08 bits per heavy atom. The molecule has 0 radical (unpaired) electrons. The molecule has 0 spiro atoms. The second-order valence-corrected chi connectivity index (χ2v) is 7.86. The van der Waals surface area contributed by atoms with Crippen LogP contribution in [0, 0.1) is 11.3 Å². The van der Waals surface area contributed by atoms with Gasteiger partial charge in [-0.2, -0.15) is 5.26 Å². The quantitative estimate of drug-likeness (QED) is 0.860. The Bertz CT molecular complexity index is 666. The second kappa shape index (κ2) is 7.47. The Balaban J connectivity index is 1.38. The van der Waals surface area contributed by atoms with Gasteiger partial charge >= 0.3 is 0 Å². The zero-order chi connectivity index (χ0) is 18.0. The van der Waals surface area contributed by atoms with Gasteiger partial charge < -0.3 is 10.0 Å². The molecule has 7 heteroatoms. The second-order valence-electron chi connectivity index (χ2n) is 7.86. The normalized spacial score (nSPS) is 30.6. The van der Waals surface area contributed by atoms with Crippen LogP contribution in [0.15, 0.2) is 12.4 Å². The SMILES string of the molecule is N#Cc1nccnc1N1CCN(C[C@]2(O)CCCN3CCCC[C@@H]32)CC1. The Kier molecular flexibility index (Phi) is 5.07. The molecule has 1 N–H and O–H groups in total. The summed E-state index contributed by atoms with van der Waals surface area (Å²) in [5, 5.41) is 20.7. The van der Waals surface area contributed by atoms with Gasteiger partial charge in [0.15, 0.2) is 11.5 Å². The molecule has 0 aromatic carbocycles. The summed E-state index contributed by atoms with van der Waals surface area (Å²) in [6.07, 6.45) is 8.85. The fourth-order valence-electron chi connectivity index (χ4n) is 4.95. The molecule has 4 rings (SSSR count). The number of hydrogen-bond donors (Lipinski definition) is 1. The van der Waals surface area contributed by atoms with E-state index in [-0.39, 0.29) is 0 Å². The van der Waals surface area contributed by atoms with Crippen molar-refractivity contribution in [3.63, 3.8) is 0 Å². The summed E-state index contributed by atoms with van der Waals surface area (Å²) >= 11 is 0. The first kappa shape index (κ1) is 17.7. The van der Waals surface area contributed by atoms with Crippen LogP contribution in [-0.2, 0) is 0 Å². The van der Waals surface area contributed by atoms with Crippen LogP contribution in [0.5, 0.6) is 0 Å². The van der Waals surface area contributed by atoms with E-state index in [9.17, 15) is 10.4 Å². The van der Waals surface area contributed by atoms with E-state index in [1.165, 1.54) is 12.8 Å². The number of fused-ring (bicyclic) bond motifs is 1. The van der Waals surface area contributed by atoms with Crippen molar-refractivity contribution in [2.75, 3.05) is 50.7 Å². The minimum atomic E-state index is -0.578. The van der Waals surface area contributed by atoms with Gasteiger partial charge in [0.1, 0.15) is 6.07 Å². The molecule has 2 atom stereocenters. The van der Waals surface area contributed by atoms with E-state index >= 15 is 0 Å². The van der Waals surface area contributed by atoms with Gasteiger partial charge in [-0.15, -0.1) is 0 Å². The Morgan fingerprint density at radius 2 is 1.85 bits per heavy atom. The monoisotopic (exact) mass is 356 g/mol. The van der Waals surface area contributed by atoms with Crippen LogP contribution in [0.2, 0.25) is 0 Å². The van der Waals surface area contributed by atoms with Crippen LogP contribution < -0.4 is 4.90 Å². The maximum Gasteiger partial charge on any atom is 0.183 e. The van der Waals surface area contributed by atoms with Crippen LogP contribution in [0.25, 0.3) is 0 Å². The summed E-state index contributed by atoms with van der Waals surface area (Å²) in [6, 6.07) is 2.46. The molecular formula is C19H28N6O. The summed E-state index contributed by atoms with van der Waals surface area (Å²) in [5.41, 5.74) is -0.185. The fraction of sp³-hybridized carbons (Fsp3) is 0.737. The van der Waals surface area contributed by atoms with Crippen LogP contribution in [0.4, 0.5) is 5.82 Å². The number of piperazine rings is 1. The molecule has 0 unspecified atom stereocenters. The fourth-order valence-corrected chi connectivity index (χ4v) is 4.95. The number of hydrogen-bond acceptors (Lipinski definition) is 7. The van der Waals surface area contributed by atoms with Gasteiger partial charge in [-0.05, 0) is 38.8 Å². The highest BCUT2D eigenvalue weighted by Crippen LogP contribution is 2.35. The molecule has 3 aliphatic rings. The van der Waals surface area contributed by atoms with Crippen molar-refractivity contribution in [3.05, 3.63) is 18.1 Å². The van der Waals surface area contributed by atoms with Crippen molar-refractivity contribution in [3.8, 4) is 6.07 Å². The van der Waals surface area contributed by atoms with Crippen molar-refractivity contribution in [1.82, 2.24) is 19.8 Å². The molecule has 0 amide bonds. The van der Waals surface area contributed by atoms with E-state index in [2.05, 4.69) is 30.7 Å². The number of anilines is 1. The molecule has 7 nitrogen and oxygen atoms in total. The average Bonchev–Trinajstić information content (AvgIpc) is 2.69. The topological polar surface area (TPSA) is 79.5 Å². The molecule has 140 valence electrons. The van der Waals surface area contributed by atoms with E-state index < -0.39 is 5.60 Å². The lowest BCUT2D eigenvalue weighted by Gasteiger charge is -2.51. The van der Waals surface area contributed by atoms with Crippen LogP contribution in [0.3, 0.4) is 0 Å².